The Kier molecular flexibility index (Phi) is 2.93. The molecule has 1 aromatic heterocycles. The molecule has 0 saturated carbocycles. The minimum atomic E-state index is 0.812. The number of pyridine rings is 1. The molecule has 0 N–H and O–H groups in total. The van der Waals surface area contributed by atoms with Crippen LogP contribution in [0.1, 0.15) is 22.4 Å². The number of halogens is 1. The monoisotopic (exact) mass is 277 g/mol. The Labute approximate surface area is 86.3 Å². The normalized spacial score (nSPS) is 10.3. The van der Waals surface area contributed by atoms with Gasteiger partial charge in [-0.25, -0.2) is 0 Å². The van der Waals surface area contributed by atoms with Crippen LogP contribution in [0.3, 0.4) is 0 Å². The SMILES string of the molecule is Cc1c[n+]([O-])c(C)c(C)c1CI. The van der Waals surface area contributed by atoms with Gasteiger partial charge in [-0.15, -0.1) is 0 Å². The quantitative estimate of drug-likeness (QED) is 0.334. The van der Waals surface area contributed by atoms with E-state index in [9.17, 15) is 5.21 Å². The lowest BCUT2D eigenvalue weighted by Gasteiger charge is -2.09. The molecule has 0 radical (unpaired) electrons. The third-order valence-corrected chi connectivity index (χ3v) is 3.01. The number of hydrogen-bond acceptors (Lipinski definition) is 1. The number of nitrogens with zero attached hydrogens (tertiary/aromatic N) is 1. The van der Waals surface area contributed by atoms with E-state index in [1.54, 1.807) is 6.20 Å². The van der Waals surface area contributed by atoms with Crippen LogP contribution in [-0.2, 0) is 4.43 Å². The summed E-state index contributed by atoms with van der Waals surface area (Å²) in [7, 11) is 0. The highest BCUT2D eigenvalue weighted by Crippen LogP contribution is 2.17. The van der Waals surface area contributed by atoms with Crippen molar-refractivity contribution in [3.05, 3.63) is 33.8 Å². The van der Waals surface area contributed by atoms with Gasteiger partial charge in [0, 0.05) is 22.5 Å². The Balaban J connectivity index is 3.40. The molecule has 0 aromatic carbocycles. The van der Waals surface area contributed by atoms with E-state index in [-0.39, 0.29) is 0 Å². The van der Waals surface area contributed by atoms with Crippen molar-refractivity contribution in [2.45, 2.75) is 25.2 Å². The Bertz CT molecular complexity index is 310. The Hall–Kier alpha value is -0.320. The molecule has 0 fully saturated rings. The molecule has 0 saturated heterocycles. The van der Waals surface area contributed by atoms with Gasteiger partial charge < -0.3 is 5.21 Å². The number of aryl methyl sites for hydroxylation is 1. The zero-order chi connectivity index (χ0) is 9.30. The van der Waals surface area contributed by atoms with Gasteiger partial charge in [-0.2, -0.15) is 4.73 Å². The summed E-state index contributed by atoms with van der Waals surface area (Å²) < 4.78 is 1.91. The molecule has 0 spiro atoms. The largest absolute Gasteiger partial charge is 0.618 e. The van der Waals surface area contributed by atoms with Gasteiger partial charge in [0.1, 0.15) is 0 Å². The van der Waals surface area contributed by atoms with Crippen LogP contribution in [0, 0.1) is 26.0 Å². The summed E-state index contributed by atoms with van der Waals surface area (Å²) in [6.45, 7) is 5.84. The van der Waals surface area contributed by atoms with Crippen molar-refractivity contribution in [3.63, 3.8) is 0 Å². The van der Waals surface area contributed by atoms with Crippen LogP contribution in [0.25, 0.3) is 0 Å². The van der Waals surface area contributed by atoms with E-state index in [0.29, 0.717) is 0 Å². The predicted octanol–water partition coefficient (Wildman–Crippen LogP) is 2.18. The fourth-order valence-corrected chi connectivity index (χ4v) is 2.41. The highest BCUT2D eigenvalue weighted by molar-refractivity contribution is 14.1. The van der Waals surface area contributed by atoms with E-state index >= 15 is 0 Å². The van der Waals surface area contributed by atoms with E-state index in [1.807, 2.05) is 20.8 Å². The van der Waals surface area contributed by atoms with Crippen molar-refractivity contribution in [2.24, 2.45) is 0 Å². The van der Waals surface area contributed by atoms with E-state index in [2.05, 4.69) is 22.6 Å². The van der Waals surface area contributed by atoms with Crippen LogP contribution in [0.15, 0.2) is 6.20 Å². The molecule has 66 valence electrons. The lowest BCUT2D eigenvalue weighted by atomic mass is 10.1. The van der Waals surface area contributed by atoms with Crippen molar-refractivity contribution in [2.75, 3.05) is 0 Å². The van der Waals surface area contributed by atoms with Crippen molar-refractivity contribution in [1.82, 2.24) is 0 Å². The second-order valence-corrected chi connectivity index (χ2v) is 3.72. The summed E-state index contributed by atoms with van der Waals surface area (Å²) in [5.74, 6) is 0. The number of alkyl halides is 1. The van der Waals surface area contributed by atoms with Gasteiger partial charge in [0.15, 0.2) is 11.9 Å². The Morgan fingerprint density at radius 1 is 1.42 bits per heavy atom. The zero-order valence-electron chi connectivity index (χ0n) is 7.52. The molecule has 0 aliphatic carbocycles. The van der Waals surface area contributed by atoms with Crippen molar-refractivity contribution in [1.29, 1.82) is 0 Å². The molecule has 12 heavy (non-hydrogen) atoms. The maximum absolute atomic E-state index is 11.2. The van der Waals surface area contributed by atoms with Crippen LogP contribution < -0.4 is 4.73 Å². The molecule has 2 nitrogen and oxygen atoms in total. The summed E-state index contributed by atoms with van der Waals surface area (Å²) in [6, 6.07) is 0. The average Bonchev–Trinajstić information content (AvgIpc) is 2.01. The third kappa shape index (κ3) is 1.55. The van der Waals surface area contributed by atoms with Crippen molar-refractivity contribution in [3.8, 4) is 0 Å². The van der Waals surface area contributed by atoms with E-state index in [0.717, 1.165) is 26.0 Å². The molecule has 1 rings (SSSR count). The molecule has 1 heterocycles. The molecular formula is C9H12INO. The summed E-state index contributed by atoms with van der Waals surface area (Å²) >= 11 is 2.32. The fraction of sp³-hybridized carbons (Fsp3) is 0.444. The molecule has 0 amide bonds. The Morgan fingerprint density at radius 2 is 2.00 bits per heavy atom. The predicted molar refractivity (Wildman–Crippen MR) is 57.3 cm³/mol. The first kappa shape index (κ1) is 9.77. The lowest BCUT2D eigenvalue weighted by molar-refractivity contribution is -0.613. The third-order valence-electron chi connectivity index (χ3n) is 2.25. The van der Waals surface area contributed by atoms with Gasteiger partial charge in [0.05, 0.1) is 0 Å². The van der Waals surface area contributed by atoms with E-state index < -0.39 is 0 Å². The first-order chi connectivity index (χ1) is 5.57. The van der Waals surface area contributed by atoms with Crippen LogP contribution in [-0.4, -0.2) is 0 Å². The van der Waals surface area contributed by atoms with Gasteiger partial charge in [-0.1, -0.05) is 22.6 Å². The second-order valence-electron chi connectivity index (χ2n) is 2.96. The van der Waals surface area contributed by atoms with Crippen LogP contribution >= 0.6 is 22.6 Å². The van der Waals surface area contributed by atoms with Gasteiger partial charge in [-0.05, 0) is 19.4 Å². The van der Waals surface area contributed by atoms with Gasteiger partial charge in [-0.3, -0.25) is 0 Å². The van der Waals surface area contributed by atoms with Crippen molar-refractivity contribution >= 4 is 22.6 Å². The molecule has 3 heteroatoms. The number of hydrogen-bond donors (Lipinski definition) is 0. The first-order valence-electron chi connectivity index (χ1n) is 3.82. The molecule has 0 aliphatic heterocycles. The number of rotatable bonds is 1. The lowest BCUT2D eigenvalue weighted by Crippen LogP contribution is -2.31. The number of aromatic nitrogens is 1. The maximum atomic E-state index is 11.2. The standard InChI is InChI=1S/C9H12INO/c1-6-5-11(12)8(3)7(2)9(6)4-10/h5H,4H2,1-3H3. The molecule has 0 aliphatic rings. The summed E-state index contributed by atoms with van der Waals surface area (Å²) in [6.07, 6.45) is 1.65. The summed E-state index contributed by atoms with van der Waals surface area (Å²) in [4.78, 5) is 0. The van der Waals surface area contributed by atoms with Crippen LogP contribution in [0.4, 0.5) is 0 Å². The molecular weight excluding hydrogens is 265 g/mol. The smallest absolute Gasteiger partial charge is 0.192 e. The van der Waals surface area contributed by atoms with Crippen LogP contribution in [0.2, 0.25) is 0 Å². The maximum Gasteiger partial charge on any atom is 0.192 e. The average molecular weight is 277 g/mol. The minimum Gasteiger partial charge on any atom is -0.618 e. The fourth-order valence-electron chi connectivity index (χ4n) is 1.24. The Morgan fingerprint density at radius 3 is 2.50 bits per heavy atom. The minimum absolute atomic E-state index is 0.812. The molecule has 0 unspecified atom stereocenters. The van der Waals surface area contributed by atoms with E-state index in [4.69, 9.17) is 0 Å². The molecule has 0 bridgehead atoms. The molecule has 0 atom stereocenters. The van der Waals surface area contributed by atoms with Crippen molar-refractivity contribution < 1.29 is 4.73 Å². The summed E-state index contributed by atoms with van der Waals surface area (Å²) in [5.41, 5.74) is 4.31. The highest BCUT2D eigenvalue weighted by atomic mass is 127. The first-order valence-corrected chi connectivity index (χ1v) is 5.35. The highest BCUT2D eigenvalue weighted by Gasteiger charge is 2.11. The van der Waals surface area contributed by atoms with Gasteiger partial charge >= 0.3 is 0 Å². The van der Waals surface area contributed by atoms with E-state index in [1.165, 1.54) is 5.56 Å². The second kappa shape index (κ2) is 3.60. The van der Waals surface area contributed by atoms with Gasteiger partial charge in [0.25, 0.3) is 0 Å². The van der Waals surface area contributed by atoms with Gasteiger partial charge in [0.2, 0.25) is 0 Å². The van der Waals surface area contributed by atoms with Crippen LogP contribution in [0.5, 0.6) is 0 Å². The molecule has 1 aromatic rings. The topological polar surface area (TPSA) is 26.9 Å². The zero-order valence-corrected chi connectivity index (χ0v) is 9.68. The summed E-state index contributed by atoms with van der Waals surface area (Å²) in [5, 5.41) is 11.2.